The van der Waals surface area contributed by atoms with E-state index in [0.29, 0.717) is 23.3 Å². The molecule has 0 fully saturated rings. The zero-order chi connectivity index (χ0) is 11.4. The minimum atomic E-state index is -1.04. The van der Waals surface area contributed by atoms with E-state index in [2.05, 4.69) is 4.98 Å². The van der Waals surface area contributed by atoms with Crippen molar-refractivity contribution in [1.29, 1.82) is 0 Å². The minimum absolute atomic E-state index is 0.521. The Hall–Kier alpha value is -0.780. The number of thiazole rings is 1. The first-order valence-corrected chi connectivity index (χ1v) is 7.26. The summed E-state index contributed by atoms with van der Waals surface area (Å²) in [4.78, 5) is 4.35. The van der Waals surface area contributed by atoms with Crippen molar-refractivity contribution in [3.05, 3.63) is 24.3 Å². The molecule has 86 valence electrons. The third-order valence-corrected chi connectivity index (χ3v) is 4.74. The summed E-state index contributed by atoms with van der Waals surface area (Å²) in [5, 5.41) is 0. The van der Waals surface area contributed by atoms with E-state index in [1.165, 1.54) is 11.3 Å². The first-order chi connectivity index (χ1) is 7.81. The average Bonchev–Trinajstić information content (AvgIpc) is 2.73. The Morgan fingerprint density at radius 1 is 1.44 bits per heavy atom. The molecule has 2 rings (SSSR count). The van der Waals surface area contributed by atoms with E-state index in [4.69, 9.17) is 4.74 Å². The number of nitrogens with zero attached hydrogens (tertiary/aromatic N) is 1. The maximum absolute atomic E-state index is 11.9. The number of aromatic nitrogens is 1. The van der Waals surface area contributed by atoms with Crippen molar-refractivity contribution < 1.29 is 8.95 Å². The Balaban J connectivity index is 2.11. The van der Waals surface area contributed by atoms with Crippen LogP contribution >= 0.6 is 11.3 Å². The lowest BCUT2D eigenvalue weighted by molar-refractivity contribution is 0.164. The molecule has 16 heavy (non-hydrogen) atoms. The molecule has 2 aromatic rings. The van der Waals surface area contributed by atoms with E-state index >= 15 is 0 Å². The first kappa shape index (κ1) is 11.7. The van der Waals surface area contributed by atoms with Gasteiger partial charge in [-0.3, -0.25) is 4.21 Å². The van der Waals surface area contributed by atoms with Crippen LogP contribution in [0.1, 0.15) is 6.92 Å². The zero-order valence-corrected chi connectivity index (χ0v) is 10.6. The van der Waals surface area contributed by atoms with Gasteiger partial charge in [0, 0.05) is 6.61 Å². The van der Waals surface area contributed by atoms with Crippen LogP contribution in [0, 0.1) is 0 Å². The lowest BCUT2D eigenvalue weighted by Crippen LogP contribution is -2.05. The fourth-order valence-corrected chi connectivity index (χ4v) is 3.55. The first-order valence-electron chi connectivity index (χ1n) is 5.13. The number of fused-ring (bicyclic) bond motifs is 1. The molecular formula is C11H13NO2S2. The summed E-state index contributed by atoms with van der Waals surface area (Å²) in [6.07, 6.45) is 0. The standard InChI is InChI=1S/C11H13NO2S2/c1-2-14-7-8-16(13)11-12-9-5-3-4-6-10(9)15-11/h3-6H,2,7-8H2,1H3. The predicted octanol–water partition coefficient (Wildman–Crippen LogP) is 2.44. The van der Waals surface area contributed by atoms with Crippen LogP contribution in [0.4, 0.5) is 0 Å². The lowest BCUT2D eigenvalue weighted by atomic mass is 10.3. The van der Waals surface area contributed by atoms with E-state index in [1.54, 1.807) is 0 Å². The molecule has 0 saturated carbocycles. The van der Waals surface area contributed by atoms with E-state index in [1.807, 2.05) is 31.2 Å². The molecule has 3 nitrogen and oxygen atoms in total. The minimum Gasteiger partial charge on any atom is -0.381 e. The van der Waals surface area contributed by atoms with Gasteiger partial charge >= 0.3 is 0 Å². The average molecular weight is 255 g/mol. The quantitative estimate of drug-likeness (QED) is 0.770. The van der Waals surface area contributed by atoms with Crippen LogP contribution in [-0.4, -0.2) is 28.2 Å². The number of hydrogen-bond acceptors (Lipinski definition) is 4. The third-order valence-electron chi connectivity index (χ3n) is 2.09. The fraction of sp³-hybridized carbons (Fsp3) is 0.364. The van der Waals surface area contributed by atoms with Gasteiger partial charge in [0.05, 0.1) is 33.4 Å². The molecule has 0 aliphatic rings. The van der Waals surface area contributed by atoms with Crippen molar-refractivity contribution in [2.75, 3.05) is 19.0 Å². The molecule has 1 atom stereocenters. The Labute approximate surface area is 101 Å². The molecule has 0 aliphatic carbocycles. The monoisotopic (exact) mass is 255 g/mol. The Morgan fingerprint density at radius 2 is 2.25 bits per heavy atom. The third kappa shape index (κ3) is 2.66. The molecule has 0 saturated heterocycles. The summed E-state index contributed by atoms with van der Waals surface area (Å²) in [6.45, 7) is 3.12. The number of ether oxygens (including phenoxy) is 1. The lowest BCUT2D eigenvalue weighted by Gasteiger charge is -1.98. The number of rotatable bonds is 5. The van der Waals surface area contributed by atoms with Gasteiger partial charge in [-0.2, -0.15) is 0 Å². The summed E-state index contributed by atoms with van der Waals surface area (Å²) >= 11 is 1.50. The van der Waals surface area contributed by atoms with Gasteiger partial charge in [-0.05, 0) is 19.1 Å². The smallest absolute Gasteiger partial charge is 0.181 e. The Morgan fingerprint density at radius 3 is 3.00 bits per heavy atom. The summed E-state index contributed by atoms with van der Waals surface area (Å²) in [5.74, 6) is 0.521. The highest BCUT2D eigenvalue weighted by atomic mass is 32.2. The van der Waals surface area contributed by atoms with Crippen LogP contribution in [0.5, 0.6) is 0 Å². The van der Waals surface area contributed by atoms with Gasteiger partial charge in [0.2, 0.25) is 0 Å². The SMILES string of the molecule is CCOCCS(=O)c1nc2ccccc2s1. The van der Waals surface area contributed by atoms with Crippen LogP contribution in [0.25, 0.3) is 10.2 Å². The topological polar surface area (TPSA) is 39.2 Å². The van der Waals surface area contributed by atoms with E-state index < -0.39 is 10.8 Å². The maximum atomic E-state index is 11.9. The van der Waals surface area contributed by atoms with Crippen molar-refractivity contribution in [2.45, 2.75) is 11.3 Å². The molecule has 1 aromatic heterocycles. The van der Waals surface area contributed by atoms with Gasteiger partial charge in [0.25, 0.3) is 0 Å². The van der Waals surface area contributed by atoms with Crippen molar-refractivity contribution in [3.8, 4) is 0 Å². The largest absolute Gasteiger partial charge is 0.381 e. The highest BCUT2D eigenvalue weighted by molar-refractivity contribution is 7.87. The molecule has 0 aliphatic heterocycles. The van der Waals surface area contributed by atoms with Gasteiger partial charge in [-0.15, -0.1) is 11.3 Å². The Bertz CT molecular complexity index is 462. The number of para-hydroxylation sites is 1. The van der Waals surface area contributed by atoms with Crippen LogP contribution in [-0.2, 0) is 15.5 Å². The summed E-state index contributed by atoms with van der Waals surface area (Å²) in [7, 11) is -1.04. The second-order valence-electron chi connectivity index (χ2n) is 3.19. The van der Waals surface area contributed by atoms with Crippen molar-refractivity contribution >= 4 is 32.4 Å². The second-order valence-corrected chi connectivity index (χ2v) is 5.97. The molecule has 0 spiro atoms. The number of benzene rings is 1. The molecule has 0 amide bonds. The normalized spacial score (nSPS) is 13.1. The molecule has 5 heteroatoms. The van der Waals surface area contributed by atoms with Crippen LogP contribution in [0.2, 0.25) is 0 Å². The van der Waals surface area contributed by atoms with Crippen LogP contribution in [0.15, 0.2) is 28.6 Å². The molecule has 0 bridgehead atoms. The van der Waals surface area contributed by atoms with E-state index in [-0.39, 0.29) is 0 Å². The van der Waals surface area contributed by atoms with Crippen LogP contribution in [0.3, 0.4) is 0 Å². The van der Waals surface area contributed by atoms with E-state index in [9.17, 15) is 4.21 Å². The molecule has 0 radical (unpaired) electrons. The van der Waals surface area contributed by atoms with Gasteiger partial charge in [-0.25, -0.2) is 4.98 Å². The van der Waals surface area contributed by atoms with Gasteiger partial charge in [0.1, 0.15) is 0 Å². The summed E-state index contributed by atoms with van der Waals surface area (Å²) < 4.78 is 18.8. The molecule has 0 N–H and O–H groups in total. The summed E-state index contributed by atoms with van der Waals surface area (Å²) in [6, 6.07) is 7.84. The van der Waals surface area contributed by atoms with Crippen molar-refractivity contribution in [2.24, 2.45) is 0 Å². The molecule has 1 aromatic carbocycles. The Kier molecular flexibility index (Phi) is 4.04. The fourth-order valence-electron chi connectivity index (χ4n) is 1.31. The van der Waals surface area contributed by atoms with Crippen molar-refractivity contribution in [1.82, 2.24) is 4.98 Å². The zero-order valence-electron chi connectivity index (χ0n) is 9.01. The maximum Gasteiger partial charge on any atom is 0.181 e. The molecule has 1 unspecified atom stereocenters. The molecular weight excluding hydrogens is 242 g/mol. The van der Waals surface area contributed by atoms with Crippen molar-refractivity contribution in [3.63, 3.8) is 0 Å². The number of hydrogen-bond donors (Lipinski definition) is 0. The van der Waals surface area contributed by atoms with E-state index in [0.717, 1.165) is 10.2 Å². The van der Waals surface area contributed by atoms with Gasteiger partial charge < -0.3 is 4.74 Å². The van der Waals surface area contributed by atoms with Gasteiger partial charge in [0.15, 0.2) is 4.34 Å². The van der Waals surface area contributed by atoms with Gasteiger partial charge in [-0.1, -0.05) is 12.1 Å². The highest BCUT2D eigenvalue weighted by Gasteiger charge is 2.09. The highest BCUT2D eigenvalue weighted by Crippen LogP contribution is 2.23. The summed E-state index contributed by atoms with van der Waals surface area (Å²) in [5.41, 5.74) is 0.923. The molecule has 1 heterocycles. The predicted molar refractivity (Wildman–Crippen MR) is 67.4 cm³/mol. The van der Waals surface area contributed by atoms with Crippen LogP contribution < -0.4 is 0 Å². The second kappa shape index (κ2) is 5.52.